The van der Waals surface area contributed by atoms with Crippen LogP contribution in [0.25, 0.3) is 11.0 Å². The Morgan fingerprint density at radius 1 is 1.19 bits per heavy atom. The number of H-pyrrole nitrogens is 1. The largest absolute Gasteiger partial charge is 0.345 e. The van der Waals surface area contributed by atoms with Gasteiger partial charge in [-0.1, -0.05) is 30.3 Å². The Morgan fingerprint density at radius 3 is 2.61 bits per heavy atom. The summed E-state index contributed by atoms with van der Waals surface area (Å²) >= 11 is 0. The van der Waals surface area contributed by atoms with E-state index in [2.05, 4.69) is 20.3 Å². The smallest absolute Gasteiger partial charge is 0.257 e. The molecule has 3 aromatic rings. The first kappa shape index (κ1) is 20.2. The maximum absolute atomic E-state index is 12.8. The van der Waals surface area contributed by atoms with E-state index in [0.717, 1.165) is 6.41 Å². The lowest BCUT2D eigenvalue weighted by Gasteiger charge is -2.32. The third kappa shape index (κ3) is 4.13. The van der Waals surface area contributed by atoms with E-state index < -0.39 is 17.4 Å². The van der Waals surface area contributed by atoms with Crippen LogP contribution in [0.15, 0.2) is 47.5 Å². The van der Waals surface area contributed by atoms with E-state index >= 15 is 0 Å². The minimum Gasteiger partial charge on any atom is -0.345 e. The van der Waals surface area contributed by atoms with Crippen LogP contribution in [0.2, 0.25) is 0 Å². The molecule has 1 fully saturated rings. The number of aromatic nitrogens is 3. The van der Waals surface area contributed by atoms with Gasteiger partial charge >= 0.3 is 0 Å². The number of piperazine rings is 1. The molecule has 3 heterocycles. The second-order valence-corrected chi connectivity index (χ2v) is 7.03. The molecule has 157 valence electrons. The Hall–Kier alpha value is -4.08. The first-order chi connectivity index (χ1) is 15.1. The zero-order chi connectivity index (χ0) is 21.8. The predicted octanol–water partition coefficient (Wildman–Crippen LogP) is 0.177. The standard InChI is InChI=1S/C21H19N6O4/c28-12-17(14-4-2-1-3-5-14)24-20(31)16-11-22-19-15(18(16)30)10-23-21(25-19)27-8-6-26(13-29)7-9-27/h1-5,10-11,13,17H,6-9H2,(H,24,31)(H,22,23,25,30). The SMILES string of the molecule is O=[C]C(NC(=O)c1c[nH]c2nc(N3CCN(C=O)CC3)ncc2c1=O)c1ccccc1. The monoisotopic (exact) mass is 419 g/mol. The summed E-state index contributed by atoms with van der Waals surface area (Å²) in [5, 5.41) is 2.67. The highest BCUT2D eigenvalue weighted by atomic mass is 16.2. The third-order valence-corrected chi connectivity index (χ3v) is 5.14. The van der Waals surface area contributed by atoms with Gasteiger partial charge in [0.05, 0.1) is 5.39 Å². The van der Waals surface area contributed by atoms with E-state index in [9.17, 15) is 19.2 Å². The third-order valence-electron chi connectivity index (χ3n) is 5.14. The number of amides is 2. The molecule has 1 aliphatic heterocycles. The van der Waals surface area contributed by atoms with Crippen LogP contribution < -0.4 is 15.6 Å². The van der Waals surface area contributed by atoms with Crippen molar-refractivity contribution >= 4 is 35.6 Å². The van der Waals surface area contributed by atoms with E-state index in [1.165, 1.54) is 12.4 Å². The summed E-state index contributed by atoms with van der Waals surface area (Å²) in [5.41, 5.74) is 0.164. The molecule has 4 rings (SSSR count). The summed E-state index contributed by atoms with van der Waals surface area (Å²) in [4.78, 5) is 62.7. The van der Waals surface area contributed by atoms with Crippen LogP contribution in [0, 0.1) is 0 Å². The van der Waals surface area contributed by atoms with Crippen molar-refractivity contribution in [1.29, 1.82) is 0 Å². The predicted molar refractivity (Wildman–Crippen MR) is 112 cm³/mol. The van der Waals surface area contributed by atoms with Gasteiger partial charge < -0.3 is 20.1 Å². The van der Waals surface area contributed by atoms with Crippen molar-refractivity contribution in [3.63, 3.8) is 0 Å². The van der Waals surface area contributed by atoms with Crippen molar-refractivity contribution in [2.75, 3.05) is 31.1 Å². The van der Waals surface area contributed by atoms with Gasteiger partial charge in [0.25, 0.3) is 5.91 Å². The number of carbonyl (C=O) groups excluding carboxylic acids is 3. The van der Waals surface area contributed by atoms with E-state index in [0.29, 0.717) is 43.3 Å². The molecule has 0 bridgehead atoms. The number of anilines is 1. The number of nitrogens with one attached hydrogen (secondary N) is 2. The number of pyridine rings is 1. The lowest BCUT2D eigenvalue weighted by Crippen LogP contribution is -2.46. The fourth-order valence-corrected chi connectivity index (χ4v) is 3.38. The Balaban J connectivity index is 1.56. The highest BCUT2D eigenvalue weighted by Gasteiger charge is 2.21. The number of benzene rings is 1. The maximum Gasteiger partial charge on any atom is 0.257 e. The van der Waals surface area contributed by atoms with Crippen LogP contribution in [0.3, 0.4) is 0 Å². The van der Waals surface area contributed by atoms with Crippen LogP contribution in [-0.4, -0.2) is 64.6 Å². The van der Waals surface area contributed by atoms with Gasteiger partial charge in [-0.05, 0) is 5.56 Å². The normalized spacial score (nSPS) is 14.8. The molecule has 10 heteroatoms. The minimum atomic E-state index is -0.993. The van der Waals surface area contributed by atoms with Gasteiger partial charge in [0, 0.05) is 38.6 Å². The van der Waals surface area contributed by atoms with Gasteiger partial charge in [-0.2, -0.15) is 4.98 Å². The van der Waals surface area contributed by atoms with Crippen molar-refractivity contribution in [3.8, 4) is 0 Å². The van der Waals surface area contributed by atoms with Gasteiger partial charge in [-0.25, -0.2) is 4.98 Å². The molecule has 1 radical (unpaired) electrons. The molecule has 1 saturated heterocycles. The highest BCUT2D eigenvalue weighted by molar-refractivity contribution is 5.98. The number of carbonyl (C=O) groups is 2. The molecular weight excluding hydrogens is 400 g/mol. The van der Waals surface area contributed by atoms with E-state index in [-0.39, 0.29) is 10.9 Å². The van der Waals surface area contributed by atoms with Crippen molar-refractivity contribution in [3.05, 3.63) is 64.1 Å². The van der Waals surface area contributed by atoms with Crippen LogP contribution in [0.1, 0.15) is 22.0 Å². The van der Waals surface area contributed by atoms with Crippen molar-refractivity contribution in [1.82, 2.24) is 25.2 Å². The molecule has 2 aromatic heterocycles. The molecule has 1 atom stereocenters. The average Bonchev–Trinajstić information content (AvgIpc) is 2.83. The van der Waals surface area contributed by atoms with E-state index in [4.69, 9.17) is 0 Å². The zero-order valence-electron chi connectivity index (χ0n) is 16.4. The minimum absolute atomic E-state index is 0.153. The zero-order valence-corrected chi connectivity index (χ0v) is 16.4. The van der Waals surface area contributed by atoms with Crippen molar-refractivity contribution in [2.45, 2.75) is 6.04 Å². The fraction of sp³-hybridized carbons (Fsp3) is 0.238. The van der Waals surface area contributed by atoms with Crippen molar-refractivity contribution < 1.29 is 14.4 Å². The Morgan fingerprint density at radius 2 is 1.94 bits per heavy atom. The number of aromatic amines is 1. The molecule has 0 aliphatic carbocycles. The fourth-order valence-electron chi connectivity index (χ4n) is 3.38. The number of rotatable bonds is 6. The Labute approximate surface area is 176 Å². The Bertz CT molecular complexity index is 1170. The van der Waals surface area contributed by atoms with E-state index in [1.807, 2.05) is 4.90 Å². The van der Waals surface area contributed by atoms with Gasteiger partial charge in [0.1, 0.15) is 17.3 Å². The summed E-state index contributed by atoms with van der Waals surface area (Å²) in [5.74, 6) is -0.264. The average molecular weight is 419 g/mol. The topological polar surface area (TPSA) is 128 Å². The molecular formula is C21H19N6O4. The number of hydrogen-bond donors (Lipinski definition) is 2. The second-order valence-electron chi connectivity index (χ2n) is 7.03. The quantitative estimate of drug-likeness (QED) is 0.545. The molecule has 2 amide bonds. The number of nitrogens with zero attached hydrogens (tertiary/aromatic N) is 4. The molecule has 2 N–H and O–H groups in total. The highest BCUT2D eigenvalue weighted by Crippen LogP contribution is 2.14. The van der Waals surface area contributed by atoms with Crippen LogP contribution in [0.4, 0.5) is 5.95 Å². The number of fused-ring (bicyclic) bond motifs is 1. The lowest BCUT2D eigenvalue weighted by molar-refractivity contribution is -0.118. The second kappa shape index (κ2) is 8.74. The summed E-state index contributed by atoms with van der Waals surface area (Å²) in [7, 11) is 0. The lowest BCUT2D eigenvalue weighted by atomic mass is 10.1. The maximum atomic E-state index is 12.8. The summed E-state index contributed by atoms with van der Waals surface area (Å²) < 4.78 is 0. The molecule has 0 spiro atoms. The first-order valence-corrected chi connectivity index (χ1v) is 9.67. The Kier molecular flexibility index (Phi) is 5.69. The van der Waals surface area contributed by atoms with Gasteiger partial charge in [0.2, 0.25) is 24.1 Å². The van der Waals surface area contributed by atoms with Crippen LogP contribution >= 0.6 is 0 Å². The van der Waals surface area contributed by atoms with Crippen LogP contribution in [-0.2, 0) is 9.59 Å². The molecule has 0 saturated carbocycles. The molecule has 10 nitrogen and oxygen atoms in total. The summed E-state index contributed by atoms with van der Waals surface area (Å²) in [6.45, 7) is 2.30. The summed E-state index contributed by atoms with van der Waals surface area (Å²) in [6, 6.07) is 7.64. The molecule has 1 aromatic carbocycles. The molecule has 31 heavy (non-hydrogen) atoms. The molecule has 1 unspecified atom stereocenters. The first-order valence-electron chi connectivity index (χ1n) is 9.67. The van der Waals surface area contributed by atoms with E-state index in [1.54, 1.807) is 41.5 Å². The summed E-state index contributed by atoms with van der Waals surface area (Å²) in [6.07, 6.45) is 5.24. The number of hydrogen-bond acceptors (Lipinski definition) is 7. The molecule has 1 aliphatic rings. The van der Waals surface area contributed by atoms with Crippen LogP contribution in [0.5, 0.6) is 0 Å². The van der Waals surface area contributed by atoms with Gasteiger partial charge in [-0.15, -0.1) is 0 Å². The van der Waals surface area contributed by atoms with Gasteiger partial charge in [0.15, 0.2) is 0 Å². The van der Waals surface area contributed by atoms with Crippen molar-refractivity contribution in [2.24, 2.45) is 0 Å². The van der Waals surface area contributed by atoms with Gasteiger partial charge in [-0.3, -0.25) is 19.2 Å².